The molecule has 5 nitrogen and oxygen atoms in total. The standard InChI is InChI=1S/C9H10N4O/c1-5(14)11-9-12-7-4-2-3-6(10)8(7)13-9/h2-4H,10H2,1H3,(H2,11,12,13,14). The molecule has 0 spiro atoms. The first-order valence-corrected chi connectivity index (χ1v) is 4.18. The fourth-order valence-electron chi connectivity index (χ4n) is 1.28. The number of benzene rings is 1. The second-order valence-corrected chi connectivity index (χ2v) is 3.01. The molecule has 0 fully saturated rings. The fourth-order valence-corrected chi connectivity index (χ4v) is 1.28. The smallest absolute Gasteiger partial charge is 0.223 e. The SMILES string of the molecule is CC(=O)Nc1nc2c(N)cccc2[nH]1. The zero-order valence-electron chi connectivity index (χ0n) is 7.66. The lowest BCUT2D eigenvalue weighted by Crippen LogP contribution is -2.06. The van der Waals surface area contributed by atoms with Crippen LogP contribution >= 0.6 is 0 Å². The van der Waals surface area contributed by atoms with Crippen LogP contribution < -0.4 is 11.1 Å². The van der Waals surface area contributed by atoms with E-state index in [1.54, 1.807) is 6.07 Å². The van der Waals surface area contributed by atoms with Crippen LogP contribution in [0.15, 0.2) is 18.2 Å². The summed E-state index contributed by atoms with van der Waals surface area (Å²) in [5.74, 6) is 0.257. The monoisotopic (exact) mass is 190 g/mol. The van der Waals surface area contributed by atoms with Crippen molar-refractivity contribution >= 4 is 28.6 Å². The molecule has 1 amide bonds. The predicted molar refractivity (Wildman–Crippen MR) is 54.8 cm³/mol. The van der Waals surface area contributed by atoms with E-state index >= 15 is 0 Å². The van der Waals surface area contributed by atoms with Gasteiger partial charge in [0.2, 0.25) is 11.9 Å². The van der Waals surface area contributed by atoms with Gasteiger partial charge in [-0.2, -0.15) is 0 Å². The first-order valence-electron chi connectivity index (χ1n) is 4.18. The van der Waals surface area contributed by atoms with Crippen LogP contribution in [0.2, 0.25) is 0 Å². The van der Waals surface area contributed by atoms with Crippen LogP contribution in [-0.4, -0.2) is 15.9 Å². The van der Waals surface area contributed by atoms with Gasteiger partial charge in [0.25, 0.3) is 0 Å². The van der Waals surface area contributed by atoms with Crippen molar-refractivity contribution in [1.29, 1.82) is 0 Å². The Kier molecular flexibility index (Phi) is 1.85. The van der Waals surface area contributed by atoms with Crippen molar-refractivity contribution in [2.75, 3.05) is 11.1 Å². The molecule has 0 saturated carbocycles. The van der Waals surface area contributed by atoms with Crippen LogP contribution in [0.1, 0.15) is 6.92 Å². The number of aromatic nitrogens is 2. The number of imidazole rings is 1. The van der Waals surface area contributed by atoms with Crippen LogP contribution in [0.4, 0.5) is 11.6 Å². The maximum atomic E-state index is 10.8. The highest BCUT2D eigenvalue weighted by Crippen LogP contribution is 2.19. The lowest BCUT2D eigenvalue weighted by Gasteiger charge is -1.92. The van der Waals surface area contributed by atoms with Gasteiger partial charge in [-0.15, -0.1) is 0 Å². The van der Waals surface area contributed by atoms with Crippen LogP contribution in [-0.2, 0) is 4.79 Å². The summed E-state index contributed by atoms with van der Waals surface area (Å²) < 4.78 is 0. The van der Waals surface area contributed by atoms with Crippen LogP contribution in [0, 0.1) is 0 Å². The third kappa shape index (κ3) is 1.39. The Labute approximate surface area is 80.3 Å². The molecule has 0 saturated heterocycles. The van der Waals surface area contributed by atoms with Crippen molar-refractivity contribution in [1.82, 2.24) is 9.97 Å². The summed E-state index contributed by atoms with van der Waals surface area (Å²) in [4.78, 5) is 17.9. The first kappa shape index (κ1) is 8.55. The molecule has 1 heterocycles. The quantitative estimate of drug-likeness (QED) is 0.589. The minimum Gasteiger partial charge on any atom is -0.397 e. The number of nitrogens with one attached hydrogen (secondary N) is 2. The molecule has 0 bridgehead atoms. The molecule has 1 aromatic heterocycles. The molecule has 4 N–H and O–H groups in total. The number of nitrogens with zero attached hydrogens (tertiary/aromatic N) is 1. The highest BCUT2D eigenvalue weighted by atomic mass is 16.1. The van der Waals surface area contributed by atoms with Crippen molar-refractivity contribution < 1.29 is 4.79 Å². The predicted octanol–water partition coefficient (Wildman–Crippen LogP) is 1.10. The number of carbonyl (C=O) groups is 1. The summed E-state index contributed by atoms with van der Waals surface area (Å²) in [5.41, 5.74) is 7.79. The van der Waals surface area contributed by atoms with Gasteiger partial charge in [0.05, 0.1) is 11.2 Å². The van der Waals surface area contributed by atoms with E-state index in [0.717, 1.165) is 5.52 Å². The number of anilines is 2. The number of H-pyrrole nitrogens is 1. The molecule has 0 atom stereocenters. The molecule has 0 aliphatic carbocycles. The van der Waals surface area contributed by atoms with E-state index in [9.17, 15) is 4.79 Å². The maximum absolute atomic E-state index is 10.8. The zero-order valence-corrected chi connectivity index (χ0v) is 7.66. The van der Waals surface area contributed by atoms with Gasteiger partial charge in [0.15, 0.2) is 0 Å². The number of nitrogen functional groups attached to an aromatic ring is 1. The molecule has 0 radical (unpaired) electrons. The van der Waals surface area contributed by atoms with E-state index in [2.05, 4.69) is 15.3 Å². The fraction of sp³-hybridized carbons (Fsp3) is 0.111. The van der Waals surface area contributed by atoms with E-state index in [4.69, 9.17) is 5.73 Å². The topological polar surface area (TPSA) is 83.8 Å². The maximum Gasteiger partial charge on any atom is 0.223 e. The zero-order chi connectivity index (χ0) is 10.1. The number of hydrogen-bond donors (Lipinski definition) is 3. The van der Waals surface area contributed by atoms with E-state index in [0.29, 0.717) is 17.2 Å². The van der Waals surface area contributed by atoms with Gasteiger partial charge in [-0.25, -0.2) is 4.98 Å². The molecule has 72 valence electrons. The van der Waals surface area contributed by atoms with Gasteiger partial charge in [-0.05, 0) is 12.1 Å². The summed E-state index contributed by atoms with van der Waals surface area (Å²) in [6, 6.07) is 5.44. The Balaban J connectivity index is 2.51. The molecule has 2 aromatic rings. The van der Waals surface area contributed by atoms with Gasteiger partial charge in [-0.3, -0.25) is 10.1 Å². The van der Waals surface area contributed by atoms with Crippen molar-refractivity contribution in [2.45, 2.75) is 6.92 Å². The summed E-state index contributed by atoms with van der Waals surface area (Å²) in [6.07, 6.45) is 0. The van der Waals surface area contributed by atoms with Gasteiger partial charge in [-0.1, -0.05) is 6.07 Å². The number of nitrogens with two attached hydrogens (primary N) is 1. The third-order valence-electron chi connectivity index (χ3n) is 1.84. The molecule has 0 aliphatic heterocycles. The number of rotatable bonds is 1. The Hall–Kier alpha value is -2.04. The molecule has 14 heavy (non-hydrogen) atoms. The van der Waals surface area contributed by atoms with E-state index in [-0.39, 0.29) is 5.91 Å². The van der Waals surface area contributed by atoms with Gasteiger partial charge >= 0.3 is 0 Å². The molecule has 2 rings (SSSR count). The van der Waals surface area contributed by atoms with Crippen molar-refractivity contribution in [2.24, 2.45) is 0 Å². The van der Waals surface area contributed by atoms with E-state index < -0.39 is 0 Å². The Morgan fingerprint density at radius 1 is 1.57 bits per heavy atom. The van der Waals surface area contributed by atoms with Crippen LogP contribution in [0.25, 0.3) is 11.0 Å². The molecule has 0 unspecified atom stereocenters. The minimum atomic E-state index is -0.164. The number of fused-ring (bicyclic) bond motifs is 1. The lowest BCUT2D eigenvalue weighted by molar-refractivity contribution is -0.114. The van der Waals surface area contributed by atoms with Crippen molar-refractivity contribution in [3.8, 4) is 0 Å². The second-order valence-electron chi connectivity index (χ2n) is 3.01. The first-order chi connectivity index (χ1) is 6.66. The number of amides is 1. The highest BCUT2D eigenvalue weighted by Gasteiger charge is 2.05. The molecular formula is C9H10N4O. The van der Waals surface area contributed by atoms with Gasteiger partial charge in [0, 0.05) is 6.92 Å². The number of carbonyl (C=O) groups excluding carboxylic acids is 1. The van der Waals surface area contributed by atoms with Gasteiger partial charge in [0.1, 0.15) is 5.52 Å². The van der Waals surface area contributed by atoms with E-state index in [1.165, 1.54) is 6.92 Å². The summed E-state index contributed by atoms with van der Waals surface area (Å²) >= 11 is 0. The van der Waals surface area contributed by atoms with Crippen molar-refractivity contribution in [3.63, 3.8) is 0 Å². The third-order valence-corrected chi connectivity index (χ3v) is 1.84. The van der Waals surface area contributed by atoms with Crippen LogP contribution in [0.3, 0.4) is 0 Å². The number of aromatic amines is 1. The second kappa shape index (κ2) is 3.02. The number of para-hydroxylation sites is 1. The normalized spacial score (nSPS) is 10.4. The summed E-state index contributed by atoms with van der Waals surface area (Å²) in [5, 5.41) is 2.56. The minimum absolute atomic E-state index is 0.164. The Morgan fingerprint density at radius 3 is 3.00 bits per heavy atom. The summed E-state index contributed by atoms with van der Waals surface area (Å²) in [6.45, 7) is 1.43. The van der Waals surface area contributed by atoms with E-state index in [1.807, 2.05) is 12.1 Å². The van der Waals surface area contributed by atoms with Crippen molar-refractivity contribution in [3.05, 3.63) is 18.2 Å². The average Bonchev–Trinajstić information content (AvgIpc) is 2.47. The molecular weight excluding hydrogens is 180 g/mol. The average molecular weight is 190 g/mol. The van der Waals surface area contributed by atoms with Crippen LogP contribution in [0.5, 0.6) is 0 Å². The summed E-state index contributed by atoms with van der Waals surface area (Å²) in [7, 11) is 0. The molecule has 0 aliphatic rings. The Bertz CT molecular complexity index is 489. The molecule has 1 aromatic carbocycles. The number of hydrogen-bond acceptors (Lipinski definition) is 3. The largest absolute Gasteiger partial charge is 0.397 e. The van der Waals surface area contributed by atoms with Gasteiger partial charge < -0.3 is 10.7 Å². The molecule has 5 heteroatoms. The highest BCUT2D eigenvalue weighted by molar-refractivity contribution is 5.92. The lowest BCUT2D eigenvalue weighted by atomic mass is 10.3. The Morgan fingerprint density at radius 2 is 2.36 bits per heavy atom.